The highest BCUT2D eigenvalue weighted by atomic mass is 16.5. The van der Waals surface area contributed by atoms with Gasteiger partial charge in [-0.2, -0.15) is 5.10 Å². The maximum atomic E-state index is 12.5. The van der Waals surface area contributed by atoms with Crippen LogP contribution < -0.4 is 5.32 Å². The number of anilines is 1. The number of carbonyl (C=O) groups excluding carboxylic acids is 1. The molecule has 3 aromatic carbocycles. The summed E-state index contributed by atoms with van der Waals surface area (Å²) in [5.74, 6) is 0.0419. The van der Waals surface area contributed by atoms with Crippen LogP contribution in [0.1, 0.15) is 17.0 Å². The Morgan fingerprint density at radius 3 is 2.47 bits per heavy atom. The fourth-order valence-electron chi connectivity index (χ4n) is 4.12. The third-order valence-electron chi connectivity index (χ3n) is 5.46. The molecule has 148 valence electrons. The molecule has 1 aliphatic rings. The first kappa shape index (κ1) is 18.2. The smallest absolute Gasteiger partial charge is 0.411 e. The van der Waals surface area contributed by atoms with E-state index in [1.807, 2.05) is 53.3 Å². The summed E-state index contributed by atoms with van der Waals surface area (Å²) in [6, 6.07) is 22.2. The number of nitrogens with zero attached hydrogens (tertiary/aromatic N) is 2. The molecule has 0 atom stereocenters. The van der Waals surface area contributed by atoms with Crippen molar-refractivity contribution in [2.24, 2.45) is 0 Å². The average molecular weight is 395 g/mol. The van der Waals surface area contributed by atoms with E-state index in [9.17, 15) is 4.79 Å². The fraction of sp³-hybridized carbons (Fsp3) is 0.120. The average Bonchev–Trinajstić information content (AvgIpc) is 3.30. The van der Waals surface area contributed by atoms with Crippen LogP contribution in [0, 0.1) is 0 Å². The first-order chi connectivity index (χ1) is 14.7. The number of allylic oxidation sites excluding steroid dienone is 1. The lowest BCUT2D eigenvalue weighted by atomic mass is 9.98. The molecule has 5 rings (SSSR count). The number of nitrogens with one attached hydrogen (secondary N) is 1. The molecule has 0 radical (unpaired) electrons. The Kier molecular flexibility index (Phi) is 4.56. The van der Waals surface area contributed by atoms with Gasteiger partial charge in [-0.25, -0.2) is 4.79 Å². The third-order valence-corrected chi connectivity index (χ3v) is 5.46. The molecule has 1 heterocycles. The van der Waals surface area contributed by atoms with E-state index in [0.29, 0.717) is 12.2 Å². The van der Waals surface area contributed by atoms with E-state index in [0.717, 1.165) is 10.9 Å². The zero-order chi connectivity index (χ0) is 20.5. The van der Waals surface area contributed by atoms with E-state index in [1.165, 1.54) is 22.3 Å². The second-order valence-electron chi connectivity index (χ2n) is 7.36. The van der Waals surface area contributed by atoms with Crippen LogP contribution in [-0.4, -0.2) is 22.5 Å². The lowest BCUT2D eigenvalue weighted by molar-refractivity contribution is 0.158. The first-order valence-electron chi connectivity index (χ1n) is 9.93. The van der Waals surface area contributed by atoms with Crippen molar-refractivity contribution in [3.63, 3.8) is 0 Å². The van der Waals surface area contributed by atoms with Gasteiger partial charge in [0, 0.05) is 23.2 Å². The number of amides is 1. The zero-order valence-corrected chi connectivity index (χ0v) is 16.4. The van der Waals surface area contributed by atoms with Crippen molar-refractivity contribution in [3.05, 3.63) is 96.7 Å². The molecule has 30 heavy (non-hydrogen) atoms. The number of aromatic nitrogens is 2. The Morgan fingerprint density at radius 1 is 1.07 bits per heavy atom. The molecule has 5 heteroatoms. The van der Waals surface area contributed by atoms with Gasteiger partial charge >= 0.3 is 6.09 Å². The number of fused-ring (bicyclic) bond motifs is 4. The second kappa shape index (κ2) is 7.52. The van der Waals surface area contributed by atoms with Crippen LogP contribution in [0.3, 0.4) is 0 Å². The molecule has 0 bridgehead atoms. The van der Waals surface area contributed by atoms with Gasteiger partial charge in [0.05, 0.1) is 12.1 Å². The summed E-state index contributed by atoms with van der Waals surface area (Å²) in [5, 5.41) is 8.31. The Labute approximate surface area is 174 Å². The van der Waals surface area contributed by atoms with Crippen LogP contribution in [0.5, 0.6) is 0 Å². The van der Waals surface area contributed by atoms with Gasteiger partial charge < -0.3 is 4.74 Å². The molecule has 0 saturated carbocycles. The Bertz CT molecular complexity index is 1210. The Morgan fingerprint density at radius 2 is 1.77 bits per heavy atom. The van der Waals surface area contributed by atoms with E-state index in [4.69, 9.17) is 4.74 Å². The summed E-state index contributed by atoms with van der Waals surface area (Å²) in [6.45, 7) is 4.66. The quantitative estimate of drug-likeness (QED) is 0.449. The van der Waals surface area contributed by atoms with Gasteiger partial charge in [0.1, 0.15) is 6.61 Å². The minimum absolute atomic E-state index is 0.0419. The summed E-state index contributed by atoms with van der Waals surface area (Å²) in [5.41, 5.74) is 6.28. The Balaban J connectivity index is 1.30. The normalized spacial score (nSPS) is 12.4. The number of hydrogen-bond donors (Lipinski definition) is 1. The molecule has 1 N–H and O–H groups in total. The molecule has 0 saturated heterocycles. The summed E-state index contributed by atoms with van der Waals surface area (Å²) in [7, 11) is 0. The highest BCUT2D eigenvalue weighted by Crippen LogP contribution is 2.44. The predicted octanol–water partition coefficient (Wildman–Crippen LogP) is 5.58. The van der Waals surface area contributed by atoms with Gasteiger partial charge in [-0.15, -0.1) is 6.58 Å². The van der Waals surface area contributed by atoms with Gasteiger partial charge in [0.2, 0.25) is 0 Å². The molecule has 1 aliphatic carbocycles. The summed E-state index contributed by atoms with van der Waals surface area (Å²) in [4.78, 5) is 12.5. The van der Waals surface area contributed by atoms with Crippen molar-refractivity contribution < 1.29 is 9.53 Å². The molecule has 0 aliphatic heterocycles. The van der Waals surface area contributed by atoms with Crippen LogP contribution in [0.4, 0.5) is 10.5 Å². The SMILES string of the molecule is C=CCn1cc2ccc(NC(=O)OCC3c4ccccc4-c4ccccc43)cc2n1. The zero-order valence-electron chi connectivity index (χ0n) is 16.4. The van der Waals surface area contributed by atoms with Crippen LogP contribution in [0.25, 0.3) is 22.0 Å². The van der Waals surface area contributed by atoms with Crippen molar-refractivity contribution in [2.45, 2.75) is 12.5 Å². The molecule has 1 amide bonds. The summed E-state index contributed by atoms with van der Waals surface area (Å²) >= 11 is 0. The van der Waals surface area contributed by atoms with Crippen LogP contribution >= 0.6 is 0 Å². The summed E-state index contributed by atoms with van der Waals surface area (Å²) in [6.07, 6.45) is 3.28. The minimum atomic E-state index is -0.471. The third kappa shape index (κ3) is 3.24. The number of benzene rings is 3. The maximum absolute atomic E-state index is 12.5. The van der Waals surface area contributed by atoms with Crippen molar-refractivity contribution in [3.8, 4) is 11.1 Å². The van der Waals surface area contributed by atoms with Crippen LogP contribution in [0.2, 0.25) is 0 Å². The first-order valence-corrected chi connectivity index (χ1v) is 9.93. The lowest BCUT2D eigenvalue weighted by Crippen LogP contribution is -2.17. The molecular formula is C25H21N3O2. The van der Waals surface area contributed by atoms with Gasteiger partial charge in [-0.1, -0.05) is 54.6 Å². The second-order valence-corrected chi connectivity index (χ2v) is 7.36. The van der Waals surface area contributed by atoms with Crippen molar-refractivity contribution in [2.75, 3.05) is 11.9 Å². The highest BCUT2D eigenvalue weighted by Gasteiger charge is 2.28. The number of rotatable bonds is 5. The molecule has 5 nitrogen and oxygen atoms in total. The van der Waals surface area contributed by atoms with Gasteiger partial charge in [0.25, 0.3) is 0 Å². The van der Waals surface area contributed by atoms with Crippen LogP contribution in [0.15, 0.2) is 85.6 Å². The van der Waals surface area contributed by atoms with Gasteiger partial charge in [-0.05, 0) is 40.5 Å². The van der Waals surface area contributed by atoms with Gasteiger partial charge in [-0.3, -0.25) is 10.00 Å². The number of ether oxygens (including phenoxy) is 1. The topological polar surface area (TPSA) is 56.2 Å². The van der Waals surface area contributed by atoms with E-state index in [-0.39, 0.29) is 12.5 Å². The standard InChI is InChI=1S/C25H21N3O2/c1-2-13-28-15-17-11-12-18(14-24(17)27-28)26-25(29)30-16-23-21-9-5-3-7-19(21)20-8-4-6-10-22(20)23/h2-12,14-15,23H,1,13,16H2,(H,26,29). The minimum Gasteiger partial charge on any atom is -0.448 e. The largest absolute Gasteiger partial charge is 0.448 e. The number of hydrogen-bond acceptors (Lipinski definition) is 3. The lowest BCUT2D eigenvalue weighted by Gasteiger charge is -2.14. The predicted molar refractivity (Wildman–Crippen MR) is 119 cm³/mol. The van der Waals surface area contributed by atoms with Crippen molar-refractivity contribution in [1.29, 1.82) is 0 Å². The molecular weight excluding hydrogens is 374 g/mol. The van der Waals surface area contributed by atoms with E-state index < -0.39 is 6.09 Å². The van der Waals surface area contributed by atoms with E-state index in [2.05, 4.69) is 41.3 Å². The van der Waals surface area contributed by atoms with E-state index >= 15 is 0 Å². The molecule has 0 spiro atoms. The van der Waals surface area contributed by atoms with Crippen molar-refractivity contribution in [1.82, 2.24) is 9.78 Å². The monoisotopic (exact) mass is 395 g/mol. The maximum Gasteiger partial charge on any atom is 0.411 e. The van der Waals surface area contributed by atoms with Gasteiger partial charge in [0.15, 0.2) is 0 Å². The molecule has 4 aromatic rings. The Hall–Kier alpha value is -3.86. The van der Waals surface area contributed by atoms with Crippen LogP contribution in [-0.2, 0) is 11.3 Å². The fourth-order valence-corrected chi connectivity index (χ4v) is 4.12. The number of carbonyl (C=O) groups is 1. The molecule has 0 fully saturated rings. The van der Waals surface area contributed by atoms with E-state index in [1.54, 1.807) is 6.08 Å². The van der Waals surface area contributed by atoms with Crippen molar-refractivity contribution >= 4 is 22.7 Å². The molecule has 0 unspecified atom stereocenters. The highest BCUT2D eigenvalue weighted by molar-refractivity contribution is 5.89. The molecule has 1 aromatic heterocycles. The summed E-state index contributed by atoms with van der Waals surface area (Å²) < 4.78 is 7.42.